The zero-order valence-corrected chi connectivity index (χ0v) is 30.1. The Morgan fingerprint density at radius 1 is 0.667 bits per heavy atom. The molecule has 4 atom stereocenters. The lowest BCUT2D eigenvalue weighted by atomic mass is 9.91. The van der Waals surface area contributed by atoms with Crippen LogP contribution < -0.4 is 0 Å². The molecule has 0 aromatic carbocycles. The molecule has 1 nitrogen and oxygen atoms in total. The Kier molecular flexibility index (Phi) is 23.9. The van der Waals surface area contributed by atoms with E-state index in [9.17, 15) is 0 Å². The maximum Gasteiger partial charge on any atom is 0.0657 e. The molecule has 0 amide bonds. The zero-order chi connectivity index (χ0) is 31.8. The predicted octanol–water partition coefficient (Wildman–Crippen LogP) is 13.6. The fraction of sp³-hybridized carbons (Fsp3) is 0.707. The van der Waals surface area contributed by atoms with Gasteiger partial charge in [-0.25, -0.2) is 0 Å². The highest BCUT2D eigenvalue weighted by atomic mass is 16.5. The molecule has 0 aliphatic carbocycles. The average molecular weight is 581 g/mol. The van der Waals surface area contributed by atoms with Crippen LogP contribution in [0.2, 0.25) is 0 Å². The number of allylic oxidation sites excluding steroid dienone is 11. The summed E-state index contributed by atoms with van der Waals surface area (Å²) in [6, 6.07) is 0. The van der Waals surface area contributed by atoms with E-state index >= 15 is 0 Å². The Hall–Kier alpha value is -1.60. The van der Waals surface area contributed by atoms with Gasteiger partial charge in [0.1, 0.15) is 0 Å². The SMILES string of the molecule is COC(C)(C)C/C=C/C(C)CCCC(C)CCCC(C)CC/C=C/C(C)/C=C/C=C(\C)CC/C=C(\C)CCC=C(C)C. The summed E-state index contributed by atoms with van der Waals surface area (Å²) < 4.78 is 5.51. The highest BCUT2D eigenvalue weighted by Crippen LogP contribution is 2.22. The standard InChI is InChI=1S/C41H72O/c1-34(2)20-14-23-37(5)26-17-29-38(6)27-15-24-35(3)21-12-13-22-36(4)25-16-28-39(7)30-18-31-40(8)32-19-33-41(9,10)42-11/h12,15,19-21,24,26-27,32,35-36,39-40H,13-14,16-18,22-23,25,28-31,33H2,1-11H3/b21-12+,24-15+,32-19+,37-26+,38-27+. The summed E-state index contributed by atoms with van der Waals surface area (Å²) in [5.41, 5.74) is 4.35. The fourth-order valence-electron chi connectivity index (χ4n) is 5.13. The second-order valence-electron chi connectivity index (χ2n) is 14.3. The van der Waals surface area contributed by atoms with Gasteiger partial charge in [0, 0.05) is 7.11 Å². The van der Waals surface area contributed by atoms with E-state index < -0.39 is 0 Å². The topological polar surface area (TPSA) is 9.23 Å². The van der Waals surface area contributed by atoms with Crippen LogP contribution >= 0.6 is 0 Å². The van der Waals surface area contributed by atoms with Crippen molar-refractivity contribution in [2.24, 2.45) is 23.7 Å². The average Bonchev–Trinajstić information content (AvgIpc) is 2.91. The lowest BCUT2D eigenvalue weighted by Gasteiger charge is -2.20. The molecule has 0 saturated carbocycles. The summed E-state index contributed by atoms with van der Waals surface area (Å²) in [4.78, 5) is 0. The third-order valence-electron chi connectivity index (χ3n) is 8.56. The van der Waals surface area contributed by atoms with Crippen molar-refractivity contribution < 1.29 is 4.74 Å². The van der Waals surface area contributed by atoms with Crippen molar-refractivity contribution in [3.8, 4) is 0 Å². The normalized spacial score (nSPS) is 16.5. The number of hydrogen-bond donors (Lipinski definition) is 0. The summed E-state index contributed by atoms with van der Waals surface area (Å²) in [6.07, 6.45) is 37.4. The molecule has 242 valence electrons. The van der Waals surface area contributed by atoms with Crippen molar-refractivity contribution in [3.63, 3.8) is 0 Å². The Labute approximate surface area is 264 Å². The van der Waals surface area contributed by atoms with Gasteiger partial charge in [-0.1, -0.05) is 131 Å². The molecule has 0 rings (SSSR count). The molecular formula is C41H72O. The number of ether oxygens (including phenoxy) is 1. The van der Waals surface area contributed by atoms with Crippen LogP contribution in [0.3, 0.4) is 0 Å². The molecule has 0 aromatic heterocycles. The highest BCUT2D eigenvalue weighted by molar-refractivity contribution is 5.14. The van der Waals surface area contributed by atoms with Crippen LogP contribution in [0.15, 0.2) is 71.4 Å². The molecule has 0 heterocycles. The molecular weight excluding hydrogens is 508 g/mol. The minimum Gasteiger partial charge on any atom is -0.378 e. The largest absolute Gasteiger partial charge is 0.378 e. The molecule has 0 aromatic rings. The fourth-order valence-corrected chi connectivity index (χ4v) is 5.13. The highest BCUT2D eigenvalue weighted by Gasteiger charge is 2.13. The van der Waals surface area contributed by atoms with Crippen molar-refractivity contribution in [3.05, 3.63) is 71.4 Å². The number of hydrogen-bond acceptors (Lipinski definition) is 1. The molecule has 4 unspecified atom stereocenters. The third-order valence-corrected chi connectivity index (χ3v) is 8.56. The molecule has 0 aliphatic rings. The van der Waals surface area contributed by atoms with E-state index in [1.54, 1.807) is 7.11 Å². The number of rotatable bonds is 24. The quantitative estimate of drug-likeness (QED) is 0.0815. The van der Waals surface area contributed by atoms with Crippen LogP contribution in [0.25, 0.3) is 0 Å². The lowest BCUT2D eigenvalue weighted by Crippen LogP contribution is -2.20. The maximum atomic E-state index is 5.51. The van der Waals surface area contributed by atoms with Crippen LogP contribution in [0.4, 0.5) is 0 Å². The van der Waals surface area contributed by atoms with Crippen molar-refractivity contribution in [2.45, 2.75) is 158 Å². The van der Waals surface area contributed by atoms with Crippen molar-refractivity contribution >= 4 is 0 Å². The second kappa shape index (κ2) is 24.8. The molecule has 0 aliphatic heterocycles. The van der Waals surface area contributed by atoms with Crippen LogP contribution in [0.5, 0.6) is 0 Å². The van der Waals surface area contributed by atoms with Crippen molar-refractivity contribution in [1.82, 2.24) is 0 Å². The summed E-state index contributed by atoms with van der Waals surface area (Å²) in [7, 11) is 1.80. The van der Waals surface area contributed by atoms with Gasteiger partial charge in [0.2, 0.25) is 0 Å². The maximum absolute atomic E-state index is 5.51. The van der Waals surface area contributed by atoms with E-state index in [0.29, 0.717) is 11.8 Å². The summed E-state index contributed by atoms with van der Waals surface area (Å²) in [5, 5.41) is 0. The molecule has 0 saturated heterocycles. The van der Waals surface area contributed by atoms with Gasteiger partial charge < -0.3 is 4.74 Å². The first-order chi connectivity index (χ1) is 19.8. The van der Waals surface area contributed by atoms with Gasteiger partial charge >= 0.3 is 0 Å². The first-order valence-electron chi connectivity index (χ1n) is 17.4. The Balaban J connectivity index is 4.03. The predicted molar refractivity (Wildman–Crippen MR) is 192 cm³/mol. The molecule has 0 N–H and O–H groups in total. The number of methoxy groups -OCH3 is 1. The van der Waals surface area contributed by atoms with Crippen LogP contribution in [-0.4, -0.2) is 12.7 Å². The van der Waals surface area contributed by atoms with E-state index in [0.717, 1.165) is 31.1 Å². The van der Waals surface area contributed by atoms with Gasteiger partial charge in [-0.15, -0.1) is 0 Å². The molecule has 0 bridgehead atoms. The van der Waals surface area contributed by atoms with E-state index in [2.05, 4.69) is 124 Å². The first kappa shape index (κ1) is 40.4. The van der Waals surface area contributed by atoms with E-state index in [4.69, 9.17) is 4.74 Å². The van der Waals surface area contributed by atoms with Gasteiger partial charge in [-0.05, 0) is 117 Å². The van der Waals surface area contributed by atoms with Crippen molar-refractivity contribution in [2.75, 3.05) is 7.11 Å². The summed E-state index contributed by atoms with van der Waals surface area (Å²) in [5.74, 6) is 2.84. The lowest BCUT2D eigenvalue weighted by molar-refractivity contribution is 0.0254. The minimum absolute atomic E-state index is 0.0483. The van der Waals surface area contributed by atoms with Crippen molar-refractivity contribution in [1.29, 1.82) is 0 Å². The van der Waals surface area contributed by atoms with E-state index in [1.165, 1.54) is 80.9 Å². The first-order valence-corrected chi connectivity index (χ1v) is 17.4. The second-order valence-corrected chi connectivity index (χ2v) is 14.3. The monoisotopic (exact) mass is 581 g/mol. The molecule has 1 heteroatoms. The molecule has 0 radical (unpaired) electrons. The zero-order valence-electron chi connectivity index (χ0n) is 30.1. The van der Waals surface area contributed by atoms with E-state index in [1.807, 2.05) is 0 Å². The van der Waals surface area contributed by atoms with E-state index in [-0.39, 0.29) is 5.60 Å². The Morgan fingerprint density at radius 3 is 1.90 bits per heavy atom. The third kappa shape index (κ3) is 26.1. The van der Waals surface area contributed by atoms with Gasteiger partial charge in [-0.3, -0.25) is 0 Å². The van der Waals surface area contributed by atoms with Crippen LogP contribution in [-0.2, 0) is 4.74 Å². The van der Waals surface area contributed by atoms with Crippen LogP contribution in [0, 0.1) is 23.7 Å². The minimum atomic E-state index is -0.0483. The smallest absolute Gasteiger partial charge is 0.0657 e. The van der Waals surface area contributed by atoms with Gasteiger partial charge in [0.15, 0.2) is 0 Å². The Bertz CT molecular complexity index is 842. The van der Waals surface area contributed by atoms with Gasteiger partial charge in [0.25, 0.3) is 0 Å². The molecule has 0 fully saturated rings. The van der Waals surface area contributed by atoms with Gasteiger partial charge in [0.05, 0.1) is 5.60 Å². The van der Waals surface area contributed by atoms with Crippen LogP contribution in [0.1, 0.15) is 153 Å². The Morgan fingerprint density at radius 2 is 1.26 bits per heavy atom. The molecule has 0 spiro atoms. The van der Waals surface area contributed by atoms with Gasteiger partial charge in [-0.2, -0.15) is 0 Å². The molecule has 42 heavy (non-hydrogen) atoms. The summed E-state index contributed by atoms with van der Waals surface area (Å²) >= 11 is 0. The summed E-state index contributed by atoms with van der Waals surface area (Å²) in [6.45, 7) is 22.7.